The normalized spacial score (nSPS) is 24.2. The number of hydrogen-bond donors (Lipinski definition) is 2. The monoisotopic (exact) mass is 219 g/mol. The van der Waals surface area contributed by atoms with Crippen molar-refractivity contribution in [3.63, 3.8) is 0 Å². The van der Waals surface area contributed by atoms with Crippen molar-refractivity contribution in [3.05, 3.63) is 35.4 Å². The van der Waals surface area contributed by atoms with E-state index in [0.29, 0.717) is 6.54 Å². The van der Waals surface area contributed by atoms with Crippen molar-refractivity contribution in [2.75, 3.05) is 6.54 Å². The second kappa shape index (κ2) is 3.96. The Morgan fingerprint density at radius 2 is 2.00 bits per heavy atom. The first-order chi connectivity index (χ1) is 7.59. The summed E-state index contributed by atoms with van der Waals surface area (Å²) in [5.74, 6) is -2.66. The highest BCUT2D eigenvalue weighted by molar-refractivity contribution is 5.99. The van der Waals surface area contributed by atoms with Crippen LogP contribution in [0.15, 0.2) is 24.3 Å². The number of benzene rings is 1. The molecule has 1 amide bonds. The number of nitrogens with one attached hydrogen (secondary N) is 1. The lowest BCUT2D eigenvalue weighted by Crippen LogP contribution is -2.26. The first-order valence-electron chi connectivity index (χ1n) is 5.16. The van der Waals surface area contributed by atoms with E-state index < -0.39 is 17.8 Å². The molecule has 0 spiro atoms. The molecule has 1 saturated heterocycles. The van der Waals surface area contributed by atoms with Crippen LogP contribution in [0.2, 0.25) is 0 Å². The quantitative estimate of drug-likeness (QED) is 0.726. The zero-order valence-corrected chi connectivity index (χ0v) is 8.93. The summed E-state index contributed by atoms with van der Waals surface area (Å²) in [6.45, 7) is 2.37. The fourth-order valence-electron chi connectivity index (χ4n) is 2.03. The summed E-state index contributed by atoms with van der Waals surface area (Å²) in [7, 11) is 0. The van der Waals surface area contributed by atoms with E-state index in [1.54, 1.807) is 0 Å². The topological polar surface area (TPSA) is 66.4 Å². The van der Waals surface area contributed by atoms with Gasteiger partial charge in [0.15, 0.2) is 0 Å². The number of carbonyl (C=O) groups is 2. The van der Waals surface area contributed by atoms with E-state index in [1.165, 1.54) is 0 Å². The fourth-order valence-corrected chi connectivity index (χ4v) is 2.03. The van der Waals surface area contributed by atoms with Gasteiger partial charge in [0.2, 0.25) is 5.91 Å². The zero-order chi connectivity index (χ0) is 11.7. The minimum absolute atomic E-state index is 0.259. The number of aliphatic carboxylic acids is 1. The summed E-state index contributed by atoms with van der Waals surface area (Å²) >= 11 is 0. The number of hydrogen-bond acceptors (Lipinski definition) is 2. The highest BCUT2D eigenvalue weighted by Crippen LogP contribution is 2.29. The van der Waals surface area contributed by atoms with Crippen molar-refractivity contribution < 1.29 is 14.7 Å². The molecule has 84 valence electrons. The van der Waals surface area contributed by atoms with E-state index in [-0.39, 0.29) is 5.92 Å². The van der Waals surface area contributed by atoms with E-state index in [9.17, 15) is 9.59 Å². The number of amides is 1. The summed E-state index contributed by atoms with van der Waals surface area (Å²) in [4.78, 5) is 22.4. The Labute approximate surface area is 93.3 Å². The van der Waals surface area contributed by atoms with Gasteiger partial charge in [0.1, 0.15) is 5.92 Å². The summed E-state index contributed by atoms with van der Waals surface area (Å²) in [6.07, 6.45) is 0. The van der Waals surface area contributed by atoms with Crippen LogP contribution in [0.25, 0.3) is 0 Å². The Morgan fingerprint density at radius 3 is 2.56 bits per heavy atom. The maximum Gasteiger partial charge on any atom is 0.316 e. The number of carboxylic acids is 1. The van der Waals surface area contributed by atoms with Gasteiger partial charge in [-0.15, -0.1) is 0 Å². The van der Waals surface area contributed by atoms with Crippen LogP contribution in [0.3, 0.4) is 0 Å². The Hall–Kier alpha value is -1.84. The smallest absolute Gasteiger partial charge is 0.316 e. The van der Waals surface area contributed by atoms with Crippen molar-refractivity contribution in [2.45, 2.75) is 12.8 Å². The summed E-state index contributed by atoms with van der Waals surface area (Å²) < 4.78 is 0. The molecular weight excluding hydrogens is 206 g/mol. The van der Waals surface area contributed by atoms with Gasteiger partial charge in [0, 0.05) is 12.5 Å². The van der Waals surface area contributed by atoms with Gasteiger partial charge in [0.25, 0.3) is 0 Å². The Balaban J connectivity index is 2.30. The van der Waals surface area contributed by atoms with Crippen LogP contribution >= 0.6 is 0 Å². The molecular formula is C12H13NO3. The molecule has 16 heavy (non-hydrogen) atoms. The Bertz CT molecular complexity index is 424. The molecule has 1 heterocycles. The standard InChI is InChI=1S/C12H13NO3/c1-7-2-4-8(5-3-7)9-6-13-11(14)10(9)12(15)16/h2-5,9-10H,6H2,1H3,(H,13,14)(H,15,16)/t9-,10+/m1/s1. The second-order valence-corrected chi connectivity index (χ2v) is 4.08. The van der Waals surface area contributed by atoms with Crippen molar-refractivity contribution in [1.29, 1.82) is 0 Å². The molecule has 2 rings (SSSR count). The predicted molar refractivity (Wildman–Crippen MR) is 58.1 cm³/mol. The molecule has 0 radical (unpaired) electrons. The minimum atomic E-state index is -1.06. The van der Waals surface area contributed by atoms with Crippen LogP contribution in [0.4, 0.5) is 0 Å². The molecule has 0 bridgehead atoms. The average molecular weight is 219 g/mol. The van der Waals surface area contributed by atoms with Crippen molar-refractivity contribution in [3.8, 4) is 0 Å². The van der Waals surface area contributed by atoms with Crippen LogP contribution in [-0.2, 0) is 9.59 Å². The lowest BCUT2D eigenvalue weighted by molar-refractivity contribution is -0.145. The molecule has 1 fully saturated rings. The van der Waals surface area contributed by atoms with E-state index >= 15 is 0 Å². The highest BCUT2D eigenvalue weighted by atomic mass is 16.4. The van der Waals surface area contributed by atoms with Crippen molar-refractivity contribution in [1.82, 2.24) is 5.32 Å². The molecule has 1 aliphatic rings. The SMILES string of the molecule is Cc1ccc([C@H]2CNC(=O)[C@H]2C(=O)O)cc1. The van der Waals surface area contributed by atoms with E-state index in [4.69, 9.17) is 5.11 Å². The maximum atomic E-state index is 11.4. The highest BCUT2D eigenvalue weighted by Gasteiger charge is 2.40. The first kappa shape index (κ1) is 10.7. The Morgan fingerprint density at radius 1 is 1.38 bits per heavy atom. The van der Waals surface area contributed by atoms with Crippen LogP contribution < -0.4 is 5.32 Å². The zero-order valence-electron chi connectivity index (χ0n) is 8.93. The van der Waals surface area contributed by atoms with Gasteiger partial charge in [-0.25, -0.2) is 0 Å². The molecule has 1 aromatic rings. The van der Waals surface area contributed by atoms with Gasteiger partial charge in [-0.3, -0.25) is 9.59 Å². The van der Waals surface area contributed by atoms with Crippen molar-refractivity contribution >= 4 is 11.9 Å². The van der Waals surface area contributed by atoms with Gasteiger partial charge < -0.3 is 10.4 Å². The van der Waals surface area contributed by atoms with E-state index in [0.717, 1.165) is 11.1 Å². The number of carbonyl (C=O) groups excluding carboxylic acids is 1. The van der Waals surface area contributed by atoms with E-state index in [2.05, 4.69) is 5.32 Å². The molecule has 1 aromatic carbocycles. The lowest BCUT2D eigenvalue weighted by atomic mass is 9.88. The third-order valence-corrected chi connectivity index (χ3v) is 2.95. The van der Waals surface area contributed by atoms with Gasteiger partial charge in [-0.2, -0.15) is 0 Å². The van der Waals surface area contributed by atoms with Crippen LogP contribution in [0.1, 0.15) is 17.0 Å². The third kappa shape index (κ3) is 1.78. The molecule has 0 aliphatic carbocycles. The van der Waals surface area contributed by atoms with Gasteiger partial charge >= 0.3 is 5.97 Å². The molecule has 0 aromatic heterocycles. The minimum Gasteiger partial charge on any atom is -0.481 e. The molecule has 2 atom stereocenters. The van der Waals surface area contributed by atoms with E-state index in [1.807, 2.05) is 31.2 Å². The molecule has 4 heteroatoms. The number of rotatable bonds is 2. The second-order valence-electron chi connectivity index (χ2n) is 4.08. The average Bonchev–Trinajstić information content (AvgIpc) is 2.61. The number of carboxylic acid groups (broad SMARTS) is 1. The number of aryl methyl sites for hydroxylation is 1. The van der Waals surface area contributed by atoms with Crippen molar-refractivity contribution in [2.24, 2.45) is 5.92 Å². The summed E-state index contributed by atoms with van der Waals surface area (Å²) in [5, 5.41) is 11.6. The third-order valence-electron chi connectivity index (χ3n) is 2.95. The lowest BCUT2D eigenvalue weighted by Gasteiger charge is -2.13. The largest absolute Gasteiger partial charge is 0.481 e. The van der Waals surface area contributed by atoms with Gasteiger partial charge in [-0.05, 0) is 12.5 Å². The maximum absolute atomic E-state index is 11.4. The summed E-state index contributed by atoms with van der Waals surface area (Å²) in [6, 6.07) is 7.63. The van der Waals surface area contributed by atoms with Crippen LogP contribution in [0, 0.1) is 12.8 Å². The first-order valence-corrected chi connectivity index (χ1v) is 5.16. The van der Waals surface area contributed by atoms with Gasteiger partial charge in [-0.1, -0.05) is 29.8 Å². The molecule has 2 N–H and O–H groups in total. The van der Waals surface area contributed by atoms with Crippen LogP contribution in [-0.4, -0.2) is 23.5 Å². The van der Waals surface area contributed by atoms with Crippen LogP contribution in [0.5, 0.6) is 0 Å². The fraction of sp³-hybridized carbons (Fsp3) is 0.333. The molecule has 0 unspecified atom stereocenters. The molecule has 1 aliphatic heterocycles. The molecule has 0 saturated carbocycles. The molecule has 4 nitrogen and oxygen atoms in total. The predicted octanol–water partition coefficient (Wildman–Crippen LogP) is 0.909. The van der Waals surface area contributed by atoms with Gasteiger partial charge in [0.05, 0.1) is 0 Å². The Kier molecular flexibility index (Phi) is 2.64. The summed E-state index contributed by atoms with van der Waals surface area (Å²) in [5.41, 5.74) is 2.02.